The Kier molecular flexibility index (Phi) is 5.73. The van der Waals surface area contributed by atoms with Crippen LogP contribution in [0.4, 0.5) is 0 Å². The van der Waals surface area contributed by atoms with E-state index in [0.29, 0.717) is 11.4 Å². The summed E-state index contributed by atoms with van der Waals surface area (Å²) < 4.78 is 10.4. The maximum Gasteiger partial charge on any atom is 0.291 e. The minimum absolute atomic E-state index is 0.167. The highest BCUT2D eigenvalue weighted by Gasteiger charge is 2.09. The van der Waals surface area contributed by atoms with E-state index >= 15 is 0 Å². The van der Waals surface area contributed by atoms with Gasteiger partial charge >= 0.3 is 0 Å². The average Bonchev–Trinajstić information content (AvgIpc) is 2.74. The molecule has 7 heteroatoms. The second kappa shape index (κ2) is 8.57. The first kappa shape index (κ1) is 18.1. The third-order valence-corrected chi connectivity index (χ3v) is 3.76. The van der Waals surface area contributed by atoms with E-state index in [4.69, 9.17) is 9.47 Å². The Hall–Kier alpha value is -3.74. The standard InChI is InChI=1S/C20H18N4O3/c1-26-16-9-7-14(8-10-16)17-12-21-13-18(23-17)20(25)24-22-11-15-5-3-4-6-19(15)27-2/h3-13H,1-2H3,(H,24,25). The zero-order chi connectivity index (χ0) is 19.1. The van der Waals surface area contributed by atoms with E-state index in [-0.39, 0.29) is 5.69 Å². The van der Waals surface area contributed by atoms with E-state index in [1.54, 1.807) is 20.4 Å². The summed E-state index contributed by atoms with van der Waals surface area (Å²) in [6.45, 7) is 0. The Bertz CT molecular complexity index is 955. The van der Waals surface area contributed by atoms with E-state index in [0.717, 1.165) is 16.9 Å². The number of para-hydroxylation sites is 1. The Morgan fingerprint density at radius 2 is 1.81 bits per heavy atom. The Balaban J connectivity index is 1.72. The predicted molar refractivity (Wildman–Crippen MR) is 102 cm³/mol. The van der Waals surface area contributed by atoms with Crippen LogP contribution in [0.25, 0.3) is 11.3 Å². The lowest BCUT2D eigenvalue weighted by Crippen LogP contribution is -2.19. The molecule has 0 aliphatic carbocycles. The smallest absolute Gasteiger partial charge is 0.291 e. The van der Waals surface area contributed by atoms with E-state index in [9.17, 15) is 4.79 Å². The number of hydrazone groups is 1. The number of nitrogens with zero attached hydrogens (tertiary/aromatic N) is 3. The molecule has 0 bridgehead atoms. The Morgan fingerprint density at radius 1 is 1.04 bits per heavy atom. The van der Waals surface area contributed by atoms with Gasteiger partial charge in [-0.05, 0) is 36.4 Å². The summed E-state index contributed by atoms with van der Waals surface area (Å²) in [6, 6.07) is 14.7. The molecule has 1 aromatic heterocycles. The summed E-state index contributed by atoms with van der Waals surface area (Å²) in [5.41, 5.74) is 4.78. The van der Waals surface area contributed by atoms with Gasteiger partial charge in [-0.25, -0.2) is 10.4 Å². The van der Waals surface area contributed by atoms with Crippen LogP contribution in [0.3, 0.4) is 0 Å². The third-order valence-electron chi connectivity index (χ3n) is 3.76. The summed E-state index contributed by atoms with van der Waals surface area (Å²) in [5.74, 6) is 0.951. The van der Waals surface area contributed by atoms with Crippen LogP contribution in [0.1, 0.15) is 16.1 Å². The zero-order valence-electron chi connectivity index (χ0n) is 14.9. The summed E-state index contributed by atoms with van der Waals surface area (Å²) in [7, 11) is 3.18. The third kappa shape index (κ3) is 4.46. The molecule has 1 amide bonds. The van der Waals surface area contributed by atoms with Gasteiger partial charge in [0.25, 0.3) is 5.91 Å². The number of methoxy groups -OCH3 is 2. The van der Waals surface area contributed by atoms with Crippen molar-refractivity contribution in [3.63, 3.8) is 0 Å². The van der Waals surface area contributed by atoms with E-state index in [1.165, 1.54) is 12.4 Å². The van der Waals surface area contributed by atoms with Crippen LogP contribution >= 0.6 is 0 Å². The molecule has 0 aliphatic heterocycles. The zero-order valence-corrected chi connectivity index (χ0v) is 14.9. The van der Waals surface area contributed by atoms with Crippen LogP contribution in [0.15, 0.2) is 66.0 Å². The minimum Gasteiger partial charge on any atom is -0.497 e. The van der Waals surface area contributed by atoms with Crippen LogP contribution in [0.5, 0.6) is 11.5 Å². The van der Waals surface area contributed by atoms with Crippen molar-refractivity contribution >= 4 is 12.1 Å². The maximum absolute atomic E-state index is 12.3. The van der Waals surface area contributed by atoms with Crippen molar-refractivity contribution in [3.8, 4) is 22.8 Å². The number of benzene rings is 2. The second-order valence-corrected chi connectivity index (χ2v) is 5.46. The van der Waals surface area contributed by atoms with Gasteiger partial charge in [0.1, 0.15) is 17.2 Å². The van der Waals surface area contributed by atoms with Gasteiger partial charge in [0.15, 0.2) is 0 Å². The number of nitrogens with one attached hydrogen (secondary N) is 1. The molecule has 0 unspecified atom stereocenters. The van der Waals surface area contributed by atoms with Crippen LogP contribution < -0.4 is 14.9 Å². The van der Waals surface area contributed by atoms with Crippen LogP contribution in [0, 0.1) is 0 Å². The summed E-state index contributed by atoms with van der Waals surface area (Å²) in [6.07, 6.45) is 4.50. The molecule has 7 nitrogen and oxygen atoms in total. The lowest BCUT2D eigenvalue weighted by molar-refractivity contribution is 0.0950. The molecule has 0 spiro atoms. The highest BCUT2D eigenvalue weighted by molar-refractivity contribution is 5.93. The largest absolute Gasteiger partial charge is 0.497 e. The molecular formula is C20H18N4O3. The molecule has 3 rings (SSSR count). The quantitative estimate of drug-likeness (QED) is 0.538. The first-order chi connectivity index (χ1) is 13.2. The number of rotatable bonds is 6. The number of ether oxygens (including phenoxy) is 2. The molecule has 2 aromatic carbocycles. The lowest BCUT2D eigenvalue weighted by Gasteiger charge is -2.05. The molecule has 1 heterocycles. The highest BCUT2D eigenvalue weighted by atomic mass is 16.5. The van der Waals surface area contributed by atoms with E-state index in [1.807, 2.05) is 48.5 Å². The molecule has 27 heavy (non-hydrogen) atoms. The molecule has 3 aromatic rings. The van der Waals surface area contributed by atoms with Gasteiger partial charge in [-0.2, -0.15) is 5.10 Å². The van der Waals surface area contributed by atoms with E-state index < -0.39 is 5.91 Å². The molecule has 0 atom stereocenters. The number of aromatic nitrogens is 2. The first-order valence-corrected chi connectivity index (χ1v) is 8.14. The second-order valence-electron chi connectivity index (χ2n) is 5.46. The fourth-order valence-electron chi connectivity index (χ4n) is 2.37. The maximum atomic E-state index is 12.3. The van der Waals surface area contributed by atoms with Crippen molar-refractivity contribution in [1.29, 1.82) is 0 Å². The summed E-state index contributed by atoms with van der Waals surface area (Å²) in [5, 5.41) is 3.96. The summed E-state index contributed by atoms with van der Waals surface area (Å²) >= 11 is 0. The fourth-order valence-corrected chi connectivity index (χ4v) is 2.37. The number of hydrogen-bond acceptors (Lipinski definition) is 6. The van der Waals surface area contributed by atoms with Gasteiger partial charge in [-0.3, -0.25) is 9.78 Å². The summed E-state index contributed by atoms with van der Waals surface area (Å²) in [4.78, 5) is 20.7. The molecule has 1 N–H and O–H groups in total. The highest BCUT2D eigenvalue weighted by Crippen LogP contribution is 2.20. The predicted octanol–water partition coefficient (Wildman–Crippen LogP) is 2.92. The minimum atomic E-state index is -0.455. The Morgan fingerprint density at radius 3 is 2.56 bits per heavy atom. The number of carbonyl (C=O) groups is 1. The monoisotopic (exact) mass is 362 g/mol. The van der Waals surface area contributed by atoms with Crippen molar-refractivity contribution in [2.45, 2.75) is 0 Å². The molecular weight excluding hydrogens is 344 g/mol. The number of hydrogen-bond donors (Lipinski definition) is 1. The molecule has 0 fully saturated rings. The van der Waals surface area contributed by atoms with Crippen molar-refractivity contribution in [2.75, 3.05) is 14.2 Å². The number of carbonyl (C=O) groups excluding carboxylic acids is 1. The van der Waals surface area contributed by atoms with Crippen molar-refractivity contribution < 1.29 is 14.3 Å². The van der Waals surface area contributed by atoms with Crippen molar-refractivity contribution in [2.24, 2.45) is 5.10 Å². The van der Waals surface area contributed by atoms with Gasteiger partial charge < -0.3 is 9.47 Å². The lowest BCUT2D eigenvalue weighted by atomic mass is 10.1. The van der Waals surface area contributed by atoms with Crippen LogP contribution in [-0.4, -0.2) is 36.3 Å². The first-order valence-electron chi connectivity index (χ1n) is 8.14. The van der Waals surface area contributed by atoms with Gasteiger partial charge in [0.2, 0.25) is 0 Å². The topological polar surface area (TPSA) is 85.7 Å². The van der Waals surface area contributed by atoms with Crippen LogP contribution in [0.2, 0.25) is 0 Å². The molecule has 0 radical (unpaired) electrons. The van der Waals surface area contributed by atoms with Crippen molar-refractivity contribution in [3.05, 3.63) is 72.2 Å². The van der Waals surface area contributed by atoms with Crippen molar-refractivity contribution in [1.82, 2.24) is 15.4 Å². The molecule has 0 saturated heterocycles. The Labute approximate surface area is 156 Å². The number of amides is 1. The fraction of sp³-hybridized carbons (Fsp3) is 0.100. The van der Waals surface area contributed by atoms with E-state index in [2.05, 4.69) is 20.5 Å². The van der Waals surface area contributed by atoms with Gasteiger partial charge in [-0.1, -0.05) is 12.1 Å². The van der Waals surface area contributed by atoms with Gasteiger partial charge in [0, 0.05) is 11.1 Å². The van der Waals surface area contributed by atoms with Crippen LogP contribution in [-0.2, 0) is 0 Å². The normalized spacial score (nSPS) is 10.6. The molecule has 0 saturated carbocycles. The van der Waals surface area contributed by atoms with Gasteiger partial charge in [0.05, 0.1) is 38.5 Å². The SMILES string of the molecule is COc1ccc(-c2cncc(C(=O)NN=Cc3ccccc3OC)n2)cc1. The molecule has 136 valence electrons. The van der Waals surface area contributed by atoms with Gasteiger partial charge in [-0.15, -0.1) is 0 Å². The molecule has 0 aliphatic rings. The average molecular weight is 362 g/mol.